The van der Waals surface area contributed by atoms with Crippen LogP contribution in [0.4, 0.5) is 0 Å². The molecular weight excluding hydrogens is 398 g/mol. The van der Waals surface area contributed by atoms with Crippen LogP contribution in [0.5, 0.6) is 5.75 Å². The number of amides is 1. The van der Waals surface area contributed by atoms with E-state index in [1.54, 1.807) is 23.8 Å². The number of fused-ring (bicyclic) bond motifs is 1. The Morgan fingerprint density at radius 3 is 2.43 bits per heavy atom. The van der Waals surface area contributed by atoms with Gasteiger partial charge >= 0.3 is 0 Å². The summed E-state index contributed by atoms with van der Waals surface area (Å²) < 4.78 is 7.02. The van der Waals surface area contributed by atoms with E-state index in [2.05, 4.69) is 13.8 Å². The first-order valence-corrected chi connectivity index (χ1v) is 11.1. The fraction of sp³-hybridized carbons (Fsp3) is 0.348. The summed E-state index contributed by atoms with van der Waals surface area (Å²) in [7, 11) is 1.57. The number of methoxy groups -OCH3 is 1. The lowest BCUT2D eigenvalue weighted by Gasteiger charge is -2.21. The first-order chi connectivity index (χ1) is 14.6. The number of para-hydroxylation sites is 3. The first kappa shape index (κ1) is 21.9. The van der Waals surface area contributed by atoms with Gasteiger partial charge in [-0.25, -0.2) is 4.98 Å². The highest BCUT2D eigenvalue weighted by molar-refractivity contribution is 7.99. The molecule has 7 heteroatoms. The van der Waals surface area contributed by atoms with Gasteiger partial charge in [0, 0.05) is 13.1 Å². The number of carbonyl (C=O) groups excluding carboxylic acids is 1. The van der Waals surface area contributed by atoms with Crippen LogP contribution in [-0.2, 0) is 4.79 Å². The van der Waals surface area contributed by atoms with Crippen LogP contribution < -0.4 is 10.3 Å². The smallest absolute Gasteiger partial charge is 0.266 e. The fourth-order valence-corrected chi connectivity index (χ4v) is 4.26. The van der Waals surface area contributed by atoms with Gasteiger partial charge in [-0.2, -0.15) is 0 Å². The Morgan fingerprint density at radius 2 is 1.73 bits per heavy atom. The molecule has 0 atom stereocenters. The highest BCUT2D eigenvalue weighted by Crippen LogP contribution is 2.27. The van der Waals surface area contributed by atoms with E-state index in [1.165, 1.54) is 11.8 Å². The predicted molar refractivity (Wildman–Crippen MR) is 122 cm³/mol. The van der Waals surface area contributed by atoms with Gasteiger partial charge in [-0.05, 0) is 37.1 Å². The number of ether oxygens (including phenoxy) is 1. The molecule has 0 radical (unpaired) electrons. The summed E-state index contributed by atoms with van der Waals surface area (Å²) >= 11 is 1.28. The molecule has 6 nitrogen and oxygen atoms in total. The molecule has 3 rings (SSSR count). The van der Waals surface area contributed by atoms with Gasteiger partial charge in [-0.1, -0.05) is 49.9 Å². The topological polar surface area (TPSA) is 64.4 Å². The summed E-state index contributed by atoms with van der Waals surface area (Å²) in [6, 6.07) is 14.6. The van der Waals surface area contributed by atoms with Crippen LogP contribution in [0.2, 0.25) is 0 Å². The number of rotatable bonds is 9. The van der Waals surface area contributed by atoms with Gasteiger partial charge in [0.15, 0.2) is 5.16 Å². The van der Waals surface area contributed by atoms with Crippen LogP contribution in [0.25, 0.3) is 16.6 Å². The number of hydrogen-bond acceptors (Lipinski definition) is 5. The quantitative estimate of drug-likeness (QED) is 0.381. The molecule has 0 saturated carbocycles. The predicted octanol–water partition coefficient (Wildman–Crippen LogP) is 4.14. The molecule has 0 bridgehead atoms. The van der Waals surface area contributed by atoms with Crippen LogP contribution in [0.15, 0.2) is 58.5 Å². The molecule has 0 aliphatic heterocycles. The summed E-state index contributed by atoms with van der Waals surface area (Å²) in [6.45, 7) is 5.59. The second kappa shape index (κ2) is 10.3. The Labute approximate surface area is 180 Å². The Hall–Kier alpha value is -2.80. The van der Waals surface area contributed by atoms with Crippen molar-refractivity contribution in [3.8, 4) is 11.4 Å². The number of nitrogens with zero attached hydrogens (tertiary/aromatic N) is 3. The van der Waals surface area contributed by atoms with Crippen molar-refractivity contribution < 1.29 is 9.53 Å². The van der Waals surface area contributed by atoms with Crippen LogP contribution in [-0.4, -0.2) is 46.3 Å². The zero-order valence-corrected chi connectivity index (χ0v) is 18.4. The number of carbonyl (C=O) groups is 1. The molecule has 30 heavy (non-hydrogen) atoms. The molecule has 158 valence electrons. The molecule has 1 amide bonds. The molecule has 2 aromatic carbocycles. The lowest BCUT2D eigenvalue weighted by molar-refractivity contribution is -0.128. The van der Waals surface area contributed by atoms with Gasteiger partial charge in [0.05, 0.1) is 29.5 Å². The highest BCUT2D eigenvalue weighted by atomic mass is 32.2. The molecule has 0 aliphatic rings. The summed E-state index contributed by atoms with van der Waals surface area (Å²) in [5.41, 5.74) is 1.04. The molecular formula is C23H27N3O3S. The Bertz CT molecular complexity index is 1070. The molecule has 0 fully saturated rings. The summed E-state index contributed by atoms with van der Waals surface area (Å²) in [4.78, 5) is 32.7. The summed E-state index contributed by atoms with van der Waals surface area (Å²) in [5, 5.41) is 1.00. The molecule has 0 aliphatic carbocycles. The van der Waals surface area contributed by atoms with Crippen molar-refractivity contribution in [2.75, 3.05) is 26.0 Å². The molecule has 1 heterocycles. The average Bonchev–Trinajstić information content (AvgIpc) is 2.77. The van der Waals surface area contributed by atoms with Crippen molar-refractivity contribution in [3.63, 3.8) is 0 Å². The molecule has 1 aromatic heterocycles. The molecule has 0 N–H and O–H groups in total. The third kappa shape index (κ3) is 4.67. The maximum atomic E-state index is 13.4. The Kier molecular flexibility index (Phi) is 7.52. The molecule has 0 unspecified atom stereocenters. The minimum Gasteiger partial charge on any atom is -0.495 e. The van der Waals surface area contributed by atoms with Gasteiger partial charge in [0.2, 0.25) is 5.91 Å². The highest BCUT2D eigenvalue weighted by Gasteiger charge is 2.19. The normalized spacial score (nSPS) is 10.9. The van der Waals surface area contributed by atoms with E-state index in [0.29, 0.717) is 27.5 Å². The van der Waals surface area contributed by atoms with E-state index in [-0.39, 0.29) is 17.2 Å². The van der Waals surface area contributed by atoms with Crippen molar-refractivity contribution in [1.29, 1.82) is 0 Å². The first-order valence-electron chi connectivity index (χ1n) is 10.2. The lowest BCUT2D eigenvalue weighted by Crippen LogP contribution is -2.34. The SMILES string of the molecule is CCCN(CCC)C(=O)CSc1nc2ccccc2c(=O)n1-c1ccccc1OC. The van der Waals surface area contributed by atoms with Gasteiger partial charge in [-0.15, -0.1) is 0 Å². The van der Waals surface area contributed by atoms with Crippen LogP contribution in [0.3, 0.4) is 0 Å². The monoisotopic (exact) mass is 425 g/mol. The van der Waals surface area contributed by atoms with Gasteiger partial charge in [-0.3, -0.25) is 14.2 Å². The maximum absolute atomic E-state index is 13.4. The lowest BCUT2D eigenvalue weighted by atomic mass is 10.2. The van der Waals surface area contributed by atoms with Crippen LogP contribution >= 0.6 is 11.8 Å². The van der Waals surface area contributed by atoms with Gasteiger partial charge in [0.1, 0.15) is 5.75 Å². The van der Waals surface area contributed by atoms with Crippen molar-refractivity contribution in [1.82, 2.24) is 14.5 Å². The second-order valence-electron chi connectivity index (χ2n) is 6.89. The zero-order chi connectivity index (χ0) is 21.5. The zero-order valence-electron chi connectivity index (χ0n) is 17.6. The van der Waals surface area contributed by atoms with E-state index < -0.39 is 0 Å². The van der Waals surface area contributed by atoms with Crippen molar-refractivity contribution in [3.05, 3.63) is 58.9 Å². The number of aromatic nitrogens is 2. The van der Waals surface area contributed by atoms with E-state index in [0.717, 1.165) is 25.9 Å². The minimum absolute atomic E-state index is 0.0534. The van der Waals surface area contributed by atoms with Crippen molar-refractivity contribution >= 4 is 28.6 Å². The van der Waals surface area contributed by atoms with Crippen molar-refractivity contribution in [2.24, 2.45) is 0 Å². The summed E-state index contributed by atoms with van der Waals surface area (Å²) in [6.07, 6.45) is 1.83. The minimum atomic E-state index is -0.181. The van der Waals surface area contributed by atoms with Gasteiger partial charge < -0.3 is 9.64 Å². The number of hydrogen-bond donors (Lipinski definition) is 0. The van der Waals surface area contributed by atoms with E-state index in [9.17, 15) is 9.59 Å². The van der Waals surface area contributed by atoms with E-state index in [4.69, 9.17) is 9.72 Å². The second-order valence-corrected chi connectivity index (χ2v) is 7.84. The third-order valence-corrected chi connectivity index (χ3v) is 5.66. The largest absolute Gasteiger partial charge is 0.495 e. The van der Waals surface area contributed by atoms with Crippen LogP contribution in [0, 0.1) is 0 Å². The summed E-state index contributed by atoms with van der Waals surface area (Å²) in [5.74, 6) is 0.848. The molecule has 3 aromatic rings. The van der Waals surface area contributed by atoms with Gasteiger partial charge in [0.25, 0.3) is 5.56 Å². The Morgan fingerprint density at radius 1 is 1.07 bits per heavy atom. The standard InChI is InChI=1S/C23H27N3O3S/c1-4-14-25(15-5-2)21(27)16-30-23-24-18-11-7-6-10-17(18)22(28)26(23)19-12-8-9-13-20(19)29-3/h6-13H,4-5,14-16H2,1-3H3. The average molecular weight is 426 g/mol. The number of benzene rings is 2. The number of thioether (sulfide) groups is 1. The van der Waals surface area contributed by atoms with E-state index in [1.807, 2.05) is 41.3 Å². The Balaban J connectivity index is 2.05. The van der Waals surface area contributed by atoms with Crippen molar-refractivity contribution in [2.45, 2.75) is 31.8 Å². The third-order valence-electron chi connectivity index (χ3n) is 4.74. The van der Waals surface area contributed by atoms with E-state index >= 15 is 0 Å². The molecule has 0 spiro atoms. The maximum Gasteiger partial charge on any atom is 0.266 e. The molecule has 0 saturated heterocycles. The fourth-order valence-electron chi connectivity index (χ4n) is 3.35. The van der Waals surface area contributed by atoms with Crippen LogP contribution in [0.1, 0.15) is 26.7 Å².